The average Bonchev–Trinajstić information content (AvgIpc) is 2.49. The number of nitrogens with one attached hydrogen (secondary N) is 1. The summed E-state index contributed by atoms with van der Waals surface area (Å²) in [5.41, 5.74) is 0.160. The molecule has 0 spiro atoms. The van der Waals surface area contributed by atoms with Gasteiger partial charge >= 0.3 is 5.97 Å². The van der Waals surface area contributed by atoms with E-state index in [9.17, 15) is 9.59 Å². The Morgan fingerprint density at radius 2 is 1.64 bits per heavy atom. The lowest BCUT2D eigenvalue weighted by Crippen LogP contribution is -2.50. The van der Waals surface area contributed by atoms with Gasteiger partial charge in [0.15, 0.2) is 0 Å². The van der Waals surface area contributed by atoms with Gasteiger partial charge in [0.05, 0.1) is 23.8 Å². The Morgan fingerprint density at radius 3 is 2.20 bits per heavy atom. The molecule has 1 aromatic carbocycles. The molecule has 0 aromatic heterocycles. The molecule has 0 atom stereocenters. The Labute approximate surface area is 154 Å². The smallest absolute Gasteiger partial charge is 0.320 e. The zero-order chi connectivity index (χ0) is 18.4. The molecule has 1 heterocycles. The minimum absolute atomic E-state index is 0.0892. The normalized spacial score (nSPS) is 16.5. The minimum atomic E-state index is -0.463. The largest absolute Gasteiger partial charge is 0.459 e. The molecule has 1 saturated heterocycles. The average molecular weight is 368 g/mol. The third-order valence-electron chi connectivity index (χ3n) is 3.75. The summed E-state index contributed by atoms with van der Waals surface area (Å²) in [6, 6.07) is 7.17. The van der Waals surface area contributed by atoms with E-state index < -0.39 is 5.60 Å². The molecule has 6 nitrogen and oxygen atoms in total. The number of hydrogen-bond acceptors (Lipinski definition) is 5. The molecular weight excluding hydrogens is 342 g/mol. The molecule has 0 bridgehead atoms. The van der Waals surface area contributed by atoms with Gasteiger partial charge in [-0.25, -0.2) is 0 Å². The van der Waals surface area contributed by atoms with E-state index in [0.29, 0.717) is 17.3 Å². The van der Waals surface area contributed by atoms with E-state index in [1.54, 1.807) is 12.1 Å². The molecule has 1 fully saturated rings. The van der Waals surface area contributed by atoms with E-state index in [1.807, 2.05) is 32.9 Å². The van der Waals surface area contributed by atoms with Gasteiger partial charge in [0.2, 0.25) is 5.91 Å². The summed E-state index contributed by atoms with van der Waals surface area (Å²) in [6.45, 7) is 9.12. The first-order valence-electron chi connectivity index (χ1n) is 8.44. The molecule has 1 aromatic rings. The standard InChI is InChI=1S/C18H26ClN3O3/c1-18(2,3)25-17(24)13-22-10-8-21(9-11-22)12-16(23)20-15-7-5-4-6-14(15)19/h4-7H,8-13H2,1-3H3,(H,20,23). The fourth-order valence-corrected chi connectivity index (χ4v) is 2.80. The molecule has 7 heteroatoms. The predicted molar refractivity (Wildman–Crippen MR) is 98.8 cm³/mol. The molecule has 0 radical (unpaired) electrons. The number of rotatable bonds is 5. The van der Waals surface area contributed by atoms with Crippen LogP contribution in [-0.2, 0) is 14.3 Å². The van der Waals surface area contributed by atoms with Crippen LogP contribution in [0.25, 0.3) is 0 Å². The number of para-hydroxylation sites is 1. The van der Waals surface area contributed by atoms with Gasteiger partial charge in [-0.2, -0.15) is 0 Å². The highest BCUT2D eigenvalue weighted by molar-refractivity contribution is 6.33. The minimum Gasteiger partial charge on any atom is -0.459 e. The van der Waals surface area contributed by atoms with Crippen molar-refractivity contribution in [3.8, 4) is 0 Å². The molecule has 0 aliphatic carbocycles. The zero-order valence-corrected chi connectivity index (χ0v) is 15.8. The summed E-state index contributed by atoms with van der Waals surface area (Å²) in [4.78, 5) is 28.1. The van der Waals surface area contributed by atoms with Crippen molar-refractivity contribution in [3.05, 3.63) is 29.3 Å². The number of esters is 1. The van der Waals surface area contributed by atoms with Gasteiger partial charge in [-0.1, -0.05) is 23.7 Å². The van der Waals surface area contributed by atoms with Gasteiger partial charge in [0.25, 0.3) is 0 Å². The molecule has 1 aliphatic heterocycles. The van der Waals surface area contributed by atoms with E-state index in [1.165, 1.54) is 0 Å². The number of halogens is 1. The third-order valence-corrected chi connectivity index (χ3v) is 4.08. The molecule has 1 N–H and O–H groups in total. The van der Waals surface area contributed by atoms with E-state index in [-0.39, 0.29) is 18.4 Å². The number of anilines is 1. The lowest BCUT2D eigenvalue weighted by atomic mass is 10.2. The van der Waals surface area contributed by atoms with Crippen LogP contribution in [0.4, 0.5) is 5.69 Å². The molecule has 1 aliphatic rings. The van der Waals surface area contributed by atoms with Crippen LogP contribution >= 0.6 is 11.6 Å². The third kappa shape index (κ3) is 7.02. The summed E-state index contributed by atoms with van der Waals surface area (Å²) in [7, 11) is 0. The lowest BCUT2D eigenvalue weighted by Gasteiger charge is -2.34. The fraction of sp³-hybridized carbons (Fsp3) is 0.556. The van der Waals surface area contributed by atoms with E-state index in [0.717, 1.165) is 26.2 Å². The van der Waals surface area contributed by atoms with Crippen LogP contribution in [0.2, 0.25) is 5.02 Å². The topological polar surface area (TPSA) is 61.9 Å². The number of hydrogen-bond donors (Lipinski definition) is 1. The Hall–Kier alpha value is -1.63. The van der Waals surface area contributed by atoms with Crippen LogP contribution < -0.4 is 5.32 Å². The Morgan fingerprint density at radius 1 is 1.08 bits per heavy atom. The molecular formula is C18H26ClN3O3. The maximum atomic E-state index is 12.1. The first-order chi connectivity index (χ1) is 11.7. The van der Waals surface area contributed by atoms with Crippen molar-refractivity contribution >= 4 is 29.2 Å². The van der Waals surface area contributed by atoms with E-state index in [4.69, 9.17) is 16.3 Å². The summed E-state index contributed by atoms with van der Waals surface area (Å²) >= 11 is 6.05. The molecule has 25 heavy (non-hydrogen) atoms. The first kappa shape index (κ1) is 19.7. The van der Waals surface area contributed by atoms with Crippen molar-refractivity contribution < 1.29 is 14.3 Å². The van der Waals surface area contributed by atoms with Crippen molar-refractivity contribution in [3.63, 3.8) is 0 Å². The summed E-state index contributed by atoms with van der Waals surface area (Å²) in [5.74, 6) is -0.300. The van der Waals surface area contributed by atoms with Crippen molar-refractivity contribution in [2.45, 2.75) is 26.4 Å². The van der Waals surface area contributed by atoms with Crippen LogP contribution in [0.5, 0.6) is 0 Å². The second kappa shape index (κ2) is 8.65. The Bertz CT molecular complexity index is 608. The Kier molecular flexibility index (Phi) is 6.81. The first-order valence-corrected chi connectivity index (χ1v) is 8.82. The van der Waals surface area contributed by atoms with Gasteiger partial charge in [-0.05, 0) is 32.9 Å². The highest BCUT2D eigenvalue weighted by atomic mass is 35.5. The van der Waals surface area contributed by atoms with E-state index >= 15 is 0 Å². The van der Waals surface area contributed by atoms with Crippen molar-refractivity contribution in [1.29, 1.82) is 0 Å². The van der Waals surface area contributed by atoms with Gasteiger partial charge in [-0.15, -0.1) is 0 Å². The van der Waals surface area contributed by atoms with Crippen molar-refractivity contribution in [2.75, 3.05) is 44.6 Å². The highest BCUT2D eigenvalue weighted by Crippen LogP contribution is 2.20. The lowest BCUT2D eigenvalue weighted by molar-refractivity contribution is -0.156. The number of nitrogens with zero attached hydrogens (tertiary/aromatic N) is 2. The highest BCUT2D eigenvalue weighted by Gasteiger charge is 2.23. The fourth-order valence-electron chi connectivity index (χ4n) is 2.62. The number of amides is 1. The second-order valence-corrected chi connectivity index (χ2v) is 7.57. The molecule has 0 unspecified atom stereocenters. The van der Waals surface area contributed by atoms with E-state index in [2.05, 4.69) is 15.1 Å². The molecule has 1 amide bonds. The Balaban J connectivity index is 1.72. The summed E-state index contributed by atoms with van der Waals surface area (Å²) in [6.07, 6.45) is 0. The van der Waals surface area contributed by atoms with Gasteiger partial charge < -0.3 is 10.1 Å². The van der Waals surface area contributed by atoms with Gasteiger partial charge in [0, 0.05) is 26.2 Å². The number of ether oxygens (including phenoxy) is 1. The summed E-state index contributed by atoms with van der Waals surface area (Å²) in [5, 5.41) is 3.35. The number of piperazine rings is 1. The van der Waals surface area contributed by atoms with Crippen LogP contribution in [0.1, 0.15) is 20.8 Å². The number of carbonyl (C=O) groups excluding carboxylic acids is 2. The van der Waals surface area contributed by atoms with Crippen LogP contribution in [0.3, 0.4) is 0 Å². The number of benzene rings is 1. The second-order valence-electron chi connectivity index (χ2n) is 7.17. The zero-order valence-electron chi connectivity index (χ0n) is 15.0. The predicted octanol–water partition coefficient (Wildman–Crippen LogP) is 2.24. The van der Waals surface area contributed by atoms with Crippen molar-refractivity contribution in [1.82, 2.24) is 9.80 Å². The van der Waals surface area contributed by atoms with Crippen molar-refractivity contribution in [2.24, 2.45) is 0 Å². The maximum absolute atomic E-state index is 12.1. The SMILES string of the molecule is CC(C)(C)OC(=O)CN1CCN(CC(=O)Nc2ccccc2Cl)CC1. The van der Waals surface area contributed by atoms with Crippen LogP contribution in [0.15, 0.2) is 24.3 Å². The summed E-state index contributed by atoms with van der Waals surface area (Å²) < 4.78 is 5.34. The van der Waals surface area contributed by atoms with Gasteiger partial charge in [0.1, 0.15) is 5.60 Å². The van der Waals surface area contributed by atoms with Crippen LogP contribution in [-0.4, -0.2) is 66.5 Å². The molecule has 2 rings (SSSR count). The number of carbonyl (C=O) groups is 2. The van der Waals surface area contributed by atoms with Gasteiger partial charge in [-0.3, -0.25) is 19.4 Å². The molecule has 138 valence electrons. The van der Waals surface area contributed by atoms with Crippen LogP contribution in [0, 0.1) is 0 Å². The molecule has 0 saturated carbocycles. The monoisotopic (exact) mass is 367 g/mol. The maximum Gasteiger partial charge on any atom is 0.320 e. The quantitative estimate of drug-likeness (QED) is 0.809.